The van der Waals surface area contributed by atoms with Gasteiger partial charge < -0.3 is 0 Å². The summed E-state index contributed by atoms with van der Waals surface area (Å²) in [5.41, 5.74) is -0.113. The van der Waals surface area contributed by atoms with Crippen molar-refractivity contribution in [2.75, 3.05) is 0 Å². The van der Waals surface area contributed by atoms with E-state index >= 15 is 0 Å². The first-order valence-corrected chi connectivity index (χ1v) is 8.09. The highest BCUT2D eigenvalue weighted by Gasteiger charge is 2.36. The SMILES string of the molecule is CCc1ccc(F)c(C(=O)NC(=O)C2(C)CCCCC2)c1Cl. The molecule has 1 fully saturated rings. The zero-order valence-electron chi connectivity index (χ0n) is 13.0. The van der Waals surface area contributed by atoms with Crippen LogP contribution in [-0.2, 0) is 11.2 Å². The number of aryl methyl sites for hydroxylation is 1. The molecule has 2 amide bonds. The van der Waals surface area contributed by atoms with Gasteiger partial charge in [0.2, 0.25) is 5.91 Å². The van der Waals surface area contributed by atoms with E-state index in [-0.39, 0.29) is 16.5 Å². The van der Waals surface area contributed by atoms with Crippen molar-refractivity contribution in [1.82, 2.24) is 5.32 Å². The summed E-state index contributed by atoms with van der Waals surface area (Å²) in [6, 6.07) is 2.77. The molecular weight excluding hydrogens is 305 g/mol. The van der Waals surface area contributed by atoms with Crippen LogP contribution in [-0.4, -0.2) is 11.8 Å². The van der Waals surface area contributed by atoms with E-state index in [4.69, 9.17) is 11.6 Å². The minimum atomic E-state index is -0.755. The third-order valence-corrected chi connectivity index (χ3v) is 4.94. The van der Waals surface area contributed by atoms with Crippen molar-refractivity contribution in [3.63, 3.8) is 0 Å². The number of imide groups is 1. The number of amides is 2. The van der Waals surface area contributed by atoms with Crippen LogP contribution in [0.1, 0.15) is 61.9 Å². The van der Waals surface area contributed by atoms with E-state index in [1.807, 2.05) is 13.8 Å². The maximum Gasteiger partial charge on any atom is 0.262 e. The number of halogens is 2. The summed E-state index contributed by atoms with van der Waals surface area (Å²) >= 11 is 6.10. The van der Waals surface area contributed by atoms with Gasteiger partial charge in [-0.25, -0.2) is 4.39 Å². The second-order valence-corrected chi connectivity index (χ2v) is 6.53. The van der Waals surface area contributed by atoms with Crippen LogP contribution in [0, 0.1) is 11.2 Å². The molecule has 3 nitrogen and oxygen atoms in total. The normalized spacial score (nSPS) is 17.1. The van der Waals surface area contributed by atoms with Crippen LogP contribution < -0.4 is 5.32 Å². The lowest BCUT2D eigenvalue weighted by atomic mass is 9.75. The quantitative estimate of drug-likeness (QED) is 0.844. The summed E-state index contributed by atoms with van der Waals surface area (Å²) in [6.07, 6.45) is 5.13. The number of hydrogen-bond donors (Lipinski definition) is 1. The van der Waals surface area contributed by atoms with E-state index in [0.29, 0.717) is 12.0 Å². The second kappa shape index (κ2) is 6.78. The highest BCUT2D eigenvalue weighted by atomic mass is 35.5. The molecule has 0 aliphatic heterocycles. The first kappa shape index (κ1) is 16.9. The lowest BCUT2D eigenvalue weighted by Crippen LogP contribution is -2.43. The molecule has 0 aromatic heterocycles. The van der Waals surface area contributed by atoms with E-state index in [0.717, 1.165) is 32.1 Å². The summed E-state index contributed by atoms with van der Waals surface area (Å²) in [5.74, 6) is -1.80. The zero-order chi connectivity index (χ0) is 16.3. The minimum absolute atomic E-state index is 0.0848. The molecular formula is C17H21ClFNO2. The van der Waals surface area contributed by atoms with Crippen LogP contribution in [0.25, 0.3) is 0 Å². The molecule has 120 valence electrons. The Balaban J connectivity index is 2.21. The second-order valence-electron chi connectivity index (χ2n) is 6.15. The fourth-order valence-corrected chi connectivity index (χ4v) is 3.33. The Kier molecular flexibility index (Phi) is 5.22. The third kappa shape index (κ3) is 3.32. The van der Waals surface area contributed by atoms with Gasteiger partial charge in [-0.05, 0) is 30.9 Å². The van der Waals surface area contributed by atoms with Gasteiger partial charge in [0.1, 0.15) is 5.82 Å². The predicted octanol–water partition coefficient (Wildman–Crippen LogP) is 4.27. The highest BCUT2D eigenvalue weighted by molar-refractivity contribution is 6.35. The summed E-state index contributed by atoms with van der Waals surface area (Å²) in [7, 11) is 0. The molecule has 0 atom stereocenters. The molecule has 0 saturated heterocycles. The Hall–Kier alpha value is -1.42. The Morgan fingerprint density at radius 3 is 2.50 bits per heavy atom. The lowest BCUT2D eigenvalue weighted by molar-refractivity contribution is -0.130. The van der Waals surface area contributed by atoms with Gasteiger partial charge in [-0.2, -0.15) is 0 Å². The molecule has 1 N–H and O–H groups in total. The maximum absolute atomic E-state index is 13.9. The largest absolute Gasteiger partial charge is 0.292 e. The van der Waals surface area contributed by atoms with E-state index in [9.17, 15) is 14.0 Å². The van der Waals surface area contributed by atoms with Gasteiger partial charge in [-0.1, -0.05) is 50.8 Å². The highest BCUT2D eigenvalue weighted by Crippen LogP contribution is 2.36. The van der Waals surface area contributed by atoms with Crippen molar-refractivity contribution in [1.29, 1.82) is 0 Å². The van der Waals surface area contributed by atoms with Crippen LogP contribution in [0.2, 0.25) is 5.02 Å². The minimum Gasteiger partial charge on any atom is -0.292 e. The Morgan fingerprint density at radius 1 is 1.27 bits per heavy atom. The van der Waals surface area contributed by atoms with Crippen LogP contribution in [0.4, 0.5) is 4.39 Å². The number of carbonyl (C=O) groups is 2. The van der Waals surface area contributed by atoms with Crippen molar-refractivity contribution in [3.8, 4) is 0 Å². The average Bonchev–Trinajstić information content (AvgIpc) is 2.48. The number of hydrogen-bond acceptors (Lipinski definition) is 2. The molecule has 1 saturated carbocycles. The molecule has 5 heteroatoms. The van der Waals surface area contributed by atoms with Gasteiger partial charge in [-0.3, -0.25) is 14.9 Å². The third-order valence-electron chi connectivity index (χ3n) is 4.51. The Morgan fingerprint density at radius 2 is 1.91 bits per heavy atom. The van der Waals surface area contributed by atoms with E-state index in [1.54, 1.807) is 6.07 Å². The van der Waals surface area contributed by atoms with Crippen LogP contribution >= 0.6 is 11.6 Å². The molecule has 0 bridgehead atoms. The summed E-state index contributed by atoms with van der Waals surface area (Å²) in [5, 5.41) is 2.42. The zero-order valence-corrected chi connectivity index (χ0v) is 13.7. The molecule has 0 spiro atoms. The van der Waals surface area contributed by atoms with Crippen LogP contribution in [0.15, 0.2) is 12.1 Å². The number of benzene rings is 1. The smallest absolute Gasteiger partial charge is 0.262 e. The van der Waals surface area contributed by atoms with Gasteiger partial charge in [0.05, 0.1) is 10.6 Å². The molecule has 1 aliphatic rings. The Labute approximate surface area is 135 Å². The lowest BCUT2D eigenvalue weighted by Gasteiger charge is -2.31. The van der Waals surface area contributed by atoms with Crippen molar-refractivity contribution in [2.45, 2.75) is 52.4 Å². The summed E-state index contributed by atoms with van der Waals surface area (Å²) in [6.45, 7) is 3.73. The molecule has 0 radical (unpaired) electrons. The van der Waals surface area contributed by atoms with E-state index in [1.165, 1.54) is 6.07 Å². The van der Waals surface area contributed by atoms with Gasteiger partial charge in [0.15, 0.2) is 0 Å². The molecule has 0 heterocycles. The fraction of sp³-hybridized carbons (Fsp3) is 0.529. The fourth-order valence-electron chi connectivity index (χ4n) is 2.95. The summed E-state index contributed by atoms with van der Waals surface area (Å²) in [4.78, 5) is 24.7. The summed E-state index contributed by atoms with van der Waals surface area (Å²) < 4.78 is 13.9. The Bertz CT molecular complexity index is 595. The molecule has 1 aliphatic carbocycles. The van der Waals surface area contributed by atoms with Crippen molar-refractivity contribution < 1.29 is 14.0 Å². The number of rotatable bonds is 3. The van der Waals surface area contributed by atoms with E-state index in [2.05, 4.69) is 5.32 Å². The van der Waals surface area contributed by atoms with Crippen molar-refractivity contribution >= 4 is 23.4 Å². The predicted molar refractivity (Wildman–Crippen MR) is 84.5 cm³/mol. The van der Waals surface area contributed by atoms with Crippen molar-refractivity contribution in [2.24, 2.45) is 5.41 Å². The van der Waals surface area contributed by atoms with Gasteiger partial charge in [0, 0.05) is 5.41 Å². The van der Waals surface area contributed by atoms with Gasteiger partial charge in [-0.15, -0.1) is 0 Å². The molecule has 1 aromatic rings. The standard InChI is InChI=1S/C17H21ClFNO2/c1-3-11-7-8-12(19)13(14(11)18)15(21)20-16(22)17(2)9-5-4-6-10-17/h7-8H,3-6,9-10H2,1-2H3,(H,20,21,22). The first-order chi connectivity index (χ1) is 10.4. The van der Waals surface area contributed by atoms with Gasteiger partial charge >= 0.3 is 0 Å². The first-order valence-electron chi connectivity index (χ1n) is 7.71. The monoisotopic (exact) mass is 325 g/mol. The molecule has 22 heavy (non-hydrogen) atoms. The topological polar surface area (TPSA) is 46.2 Å². The van der Waals surface area contributed by atoms with Crippen molar-refractivity contribution in [3.05, 3.63) is 34.1 Å². The molecule has 2 rings (SSSR count). The van der Waals surface area contributed by atoms with Crippen LogP contribution in [0.3, 0.4) is 0 Å². The molecule has 0 unspecified atom stereocenters. The van der Waals surface area contributed by atoms with Crippen LogP contribution in [0.5, 0.6) is 0 Å². The van der Waals surface area contributed by atoms with Gasteiger partial charge in [0.25, 0.3) is 5.91 Å². The molecule has 1 aromatic carbocycles. The van der Waals surface area contributed by atoms with E-state index < -0.39 is 17.1 Å². The average molecular weight is 326 g/mol. The number of nitrogens with one attached hydrogen (secondary N) is 1. The number of carbonyl (C=O) groups excluding carboxylic acids is 2. The maximum atomic E-state index is 13.9.